The number of ether oxygens (including phenoxy) is 1. The first-order valence-corrected chi connectivity index (χ1v) is 11.0. The van der Waals surface area contributed by atoms with Crippen molar-refractivity contribution in [3.63, 3.8) is 0 Å². The van der Waals surface area contributed by atoms with Gasteiger partial charge in [0.05, 0.1) is 30.6 Å². The van der Waals surface area contributed by atoms with Gasteiger partial charge in [-0.3, -0.25) is 14.4 Å². The molecule has 0 aromatic heterocycles. The van der Waals surface area contributed by atoms with Crippen molar-refractivity contribution in [1.29, 1.82) is 0 Å². The number of aliphatic hydroxyl groups excluding tert-OH is 1. The van der Waals surface area contributed by atoms with E-state index in [-0.39, 0.29) is 36.5 Å². The number of carbonyl (C=O) groups is 3. The molecule has 3 aliphatic heterocycles. The molecule has 3 heterocycles. The van der Waals surface area contributed by atoms with Gasteiger partial charge in [-0.25, -0.2) is 0 Å². The fraction of sp³-hybridized carbons (Fsp3) is 0.609. The van der Waals surface area contributed by atoms with Crippen LogP contribution in [0.15, 0.2) is 30.3 Å². The number of nitrogens with one attached hydrogen (secondary N) is 2. The maximum absolute atomic E-state index is 13.5. The van der Waals surface area contributed by atoms with Crippen LogP contribution in [-0.4, -0.2) is 64.2 Å². The highest BCUT2D eigenvalue weighted by molar-refractivity contribution is 5.99. The van der Waals surface area contributed by atoms with Gasteiger partial charge < -0.3 is 25.4 Å². The number of amides is 3. The molecule has 3 saturated heterocycles. The van der Waals surface area contributed by atoms with Crippen molar-refractivity contribution >= 4 is 17.7 Å². The molecule has 168 valence electrons. The number of hydrogen-bond donors (Lipinski definition) is 3. The highest BCUT2D eigenvalue weighted by Crippen LogP contribution is 2.58. The van der Waals surface area contributed by atoms with Gasteiger partial charge in [0, 0.05) is 12.6 Å². The number of rotatable bonds is 7. The molecule has 3 fully saturated rings. The van der Waals surface area contributed by atoms with E-state index in [0.717, 1.165) is 5.56 Å². The number of carbonyl (C=O) groups excluding carboxylic acids is 3. The Bertz CT molecular complexity index is 860. The normalized spacial score (nSPS) is 32.3. The van der Waals surface area contributed by atoms with Gasteiger partial charge in [-0.2, -0.15) is 0 Å². The quantitative estimate of drug-likeness (QED) is 0.588. The highest BCUT2D eigenvalue weighted by Gasteiger charge is 2.74. The molecular weight excluding hydrogens is 398 g/mol. The summed E-state index contributed by atoms with van der Waals surface area (Å²) in [5, 5.41) is 15.6. The number of fused-ring (bicyclic) bond motifs is 1. The van der Waals surface area contributed by atoms with Crippen LogP contribution in [0.1, 0.15) is 39.2 Å². The SMILES string of the molecule is CC(C)NC(=O)C1N([C@H](C)CO)C(=O)[C@@H]2[C@@H](C(=O)NCc3ccccc3)[C@H]3CCC12O3. The van der Waals surface area contributed by atoms with E-state index in [4.69, 9.17) is 4.74 Å². The molecule has 6 atom stereocenters. The van der Waals surface area contributed by atoms with Crippen molar-refractivity contribution in [2.24, 2.45) is 11.8 Å². The zero-order valence-electron chi connectivity index (χ0n) is 18.2. The van der Waals surface area contributed by atoms with Gasteiger partial charge in [-0.1, -0.05) is 30.3 Å². The van der Waals surface area contributed by atoms with E-state index in [0.29, 0.717) is 19.4 Å². The van der Waals surface area contributed by atoms with Gasteiger partial charge in [0.15, 0.2) is 0 Å². The summed E-state index contributed by atoms with van der Waals surface area (Å²) in [5.41, 5.74) is -0.0593. The average molecular weight is 430 g/mol. The molecule has 1 aromatic carbocycles. The topological polar surface area (TPSA) is 108 Å². The fourth-order valence-electron chi connectivity index (χ4n) is 5.52. The Kier molecular flexibility index (Phi) is 5.79. The van der Waals surface area contributed by atoms with Gasteiger partial charge >= 0.3 is 0 Å². The largest absolute Gasteiger partial charge is 0.394 e. The van der Waals surface area contributed by atoms with Gasteiger partial charge in [0.2, 0.25) is 17.7 Å². The Morgan fingerprint density at radius 2 is 1.94 bits per heavy atom. The second kappa shape index (κ2) is 8.24. The van der Waals surface area contributed by atoms with Crippen molar-refractivity contribution in [2.45, 2.75) is 70.0 Å². The molecule has 4 rings (SSSR count). The summed E-state index contributed by atoms with van der Waals surface area (Å²) in [7, 11) is 0. The molecule has 8 nitrogen and oxygen atoms in total. The molecule has 8 heteroatoms. The maximum atomic E-state index is 13.5. The third-order valence-corrected chi connectivity index (χ3v) is 6.77. The fourth-order valence-corrected chi connectivity index (χ4v) is 5.52. The Morgan fingerprint density at radius 3 is 2.58 bits per heavy atom. The predicted octanol–water partition coefficient (Wildman–Crippen LogP) is 0.583. The summed E-state index contributed by atoms with van der Waals surface area (Å²) in [6, 6.07) is 8.07. The number of benzene rings is 1. The molecular formula is C23H31N3O5. The van der Waals surface area contributed by atoms with Gasteiger partial charge in [-0.15, -0.1) is 0 Å². The van der Waals surface area contributed by atoms with Crippen molar-refractivity contribution in [2.75, 3.05) is 6.61 Å². The zero-order valence-corrected chi connectivity index (χ0v) is 18.2. The van der Waals surface area contributed by atoms with Crippen molar-refractivity contribution in [3.8, 4) is 0 Å². The summed E-state index contributed by atoms with van der Waals surface area (Å²) in [5.74, 6) is -2.17. The van der Waals surface area contributed by atoms with Crippen molar-refractivity contribution in [1.82, 2.24) is 15.5 Å². The Labute approximate surface area is 182 Å². The minimum absolute atomic E-state index is 0.104. The summed E-state index contributed by atoms with van der Waals surface area (Å²) in [4.78, 5) is 41.3. The van der Waals surface area contributed by atoms with E-state index in [1.807, 2.05) is 44.2 Å². The Balaban J connectivity index is 1.62. The van der Waals surface area contributed by atoms with Crippen LogP contribution in [0.25, 0.3) is 0 Å². The van der Waals surface area contributed by atoms with E-state index in [1.54, 1.807) is 6.92 Å². The van der Waals surface area contributed by atoms with Gasteiger partial charge in [-0.05, 0) is 39.2 Å². The van der Waals surface area contributed by atoms with Crippen LogP contribution in [0.3, 0.4) is 0 Å². The van der Waals surface area contributed by atoms with Crippen LogP contribution in [-0.2, 0) is 25.7 Å². The second-order valence-corrected chi connectivity index (χ2v) is 9.20. The molecule has 1 spiro atoms. The van der Waals surface area contributed by atoms with E-state index >= 15 is 0 Å². The molecule has 2 unspecified atom stereocenters. The monoisotopic (exact) mass is 429 g/mol. The molecule has 3 aliphatic rings. The molecule has 31 heavy (non-hydrogen) atoms. The van der Waals surface area contributed by atoms with Crippen LogP contribution in [0.2, 0.25) is 0 Å². The summed E-state index contributed by atoms with van der Waals surface area (Å²) in [6.07, 6.45) is 0.784. The maximum Gasteiger partial charge on any atom is 0.246 e. The molecule has 1 aromatic rings. The summed E-state index contributed by atoms with van der Waals surface area (Å²) in [6.45, 7) is 5.52. The van der Waals surface area contributed by atoms with Crippen LogP contribution in [0, 0.1) is 11.8 Å². The predicted molar refractivity (Wildman–Crippen MR) is 113 cm³/mol. The van der Waals surface area contributed by atoms with Crippen LogP contribution < -0.4 is 10.6 Å². The zero-order chi connectivity index (χ0) is 22.3. The molecule has 0 saturated carbocycles. The van der Waals surface area contributed by atoms with E-state index in [9.17, 15) is 19.5 Å². The van der Waals surface area contributed by atoms with Gasteiger partial charge in [0.1, 0.15) is 11.6 Å². The van der Waals surface area contributed by atoms with Gasteiger partial charge in [0.25, 0.3) is 0 Å². The molecule has 3 amide bonds. The average Bonchev–Trinajstić information content (AvgIpc) is 3.39. The third kappa shape index (κ3) is 3.51. The van der Waals surface area contributed by atoms with Crippen LogP contribution >= 0.6 is 0 Å². The molecule has 3 N–H and O–H groups in total. The first-order chi connectivity index (χ1) is 14.8. The van der Waals surface area contributed by atoms with E-state index in [1.165, 1.54) is 4.90 Å². The number of likely N-dealkylation sites (tertiary alicyclic amines) is 1. The lowest BCUT2D eigenvalue weighted by atomic mass is 9.70. The molecule has 0 radical (unpaired) electrons. The van der Waals surface area contributed by atoms with Crippen LogP contribution in [0.5, 0.6) is 0 Å². The first kappa shape index (κ1) is 21.8. The minimum atomic E-state index is -1.03. The second-order valence-electron chi connectivity index (χ2n) is 9.20. The first-order valence-electron chi connectivity index (χ1n) is 11.0. The lowest BCUT2D eigenvalue weighted by molar-refractivity contribution is -0.145. The summed E-state index contributed by atoms with van der Waals surface area (Å²) < 4.78 is 6.31. The molecule has 0 aliphatic carbocycles. The standard InChI is InChI=1S/C23H31N3O5/c1-13(2)25-21(29)19-23-10-9-16(31-23)17(18(23)22(30)26(19)14(3)12-27)20(28)24-11-15-7-5-4-6-8-15/h4-8,13-14,16-19,27H,9-12H2,1-3H3,(H,24,28)(H,25,29)/t14-,16-,17+,18+,19?,23?/m1/s1. The summed E-state index contributed by atoms with van der Waals surface area (Å²) >= 11 is 0. The number of aliphatic hydroxyl groups is 1. The van der Waals surface area contributed by atoms with E-state index in [2.05, 4.69) is 10.6 Å². The number of hydrogen-bond acceptors (Lipinski definition) is 5. The lowest BCUT2D eigenvalue weighted by Gasteiger charge is -2.35. The highest BCUT2D eigenvalue weighted by atomic mass is 16.5. The minimum Gasteiger partial charge on any atom is -0.394 e. The molecule has 2 bridgehead atoms. The third-order valence-electron chi connectivity index (χ3n) is 6.77. The van der Waals surface area contributed by atoms with Crippen molar-refractivity contribution in [3.05, 3.63) is 35.9 Å². The Hall–Kier alpha value is -2.45. The lowest BCUT2D eigenvalue weighted by Crippen LogP contribution is -2.58. The number of nitrogens with zero attached hydrogens (tertiary/aromatic N) is 1. The van der Waals surface area contributed by atoms with Crippen LogP contribution in [0.4, 0.5) is 0 Å². The van der Waals surface area contributed by atoms with Crippen molar-refractivity contribution < 1.29 is 24.2 Å². The van der Waals surface area contributed by atoms with E-state index < -0.39 is 29.5 Å². The smallest absolute Gasteiger partial charge is 0.246 e. The Morgan fingerprint density at radius 1 is 1.23 bits per heavy atom.